The Bertz CT molecular complexity index is 2440. The van der Waals surface area contributed by atoms with Crippen LogP contribution >= 0.6 is 0 Å². The number of aliphatic carboxylic acids is 1. The van der Waals surface area contributed by atoms with E-state index in [9.17, 15) is 23.8 Å². The van der Waals surface area contributed by atoms with E-state index in [4.69, 9.17) is 9.97 Å². The van der Waals surface area contributed by atoms with Gasteiger partial charge in [-0.2, -0.15) is 0 Å². The summed E-state index contributed by atoms with van der Waals surface area (Å²) in [6, 6.07) is 21.6. The van der Waals surface area contributed by atoms with Crippen LogP contribution in [-0.4, -0.2) is 55.3 Å². The molecular weight excluding hydrogens is 771 g/mol. The van der Waals surface area contributed by atoms with Gasteiger partial charge < -0.3 is 20.8 Å². The molecule has 6 heterocycles. The fraction of sp³-hybridized carbons (Fsp3) is 0.380. The molecule has 0 spiro atoms. The van der Waals surface area contributed by atoms with Crippen molar-refractivity contribution in [3.63, 3.8) is 0 Å². The Morgan fingerprint density at radius 2 is 1.26 bits per heavy atom. The number of nitrogens with one attached hydrogen (secondary N) is 2. The van der Waals surface area contributed by atoms with Crippen LogP contribution in [0.4, 0.5) is 20.4 Å². The lowest BCUT2D eigenvalue weighted by atomic mass is 9.90. The van der Waals surface area contributed by atoms with E-state index in [2.05, 4.69) is 44.9 Å². The number of aryl methyl sites for hydroxylation is 4. The number of carbonyl (C=O) groups is 1. The third kappa shape index (κ3) is 12.8. The monoisotopic (exact) mass is 826 g/mol. The number of aromatic nitrogens is 4. The molecule has 0 saturated heterocycles. The lowest BCUT2D eigenvalue weighted by molar-refractivity contribution is -0.137. The molecule has 318 valence electrons. The summed E-state index contributed by atoms with van der Waals surface area (Å²) in [6.07, 6.45) is 20.8. The molecule has 9 nitrogen and oxygen atoms in total. The first kappa shape index (κ1) is 43.3. The van der Waals surface area contributed by atoms with Gasteiger partial charge in [-0.05, 0) is 141 Å². The minimum Gasteiger partial charge on any atom is -0.481 e. The molecule has 2 aromatic carbocycles. The molecule has 6 aromatic rings. The van der Waals surface area contributed by atoms with Crippen molar-refractivity contribution < 1.29 is 23.8 Å². The highest BCUT2D eigenvalue weighted by atomic mass is 19.1. The SMILES string of the molecule is O=C(O)CC(CCCCCCc1ccc2c(n1)NCCC2)c1cnc2cc(F)ccc2c1.OC(/C=C/c1cnc2cc(F)ccc2c1)CCCCc1ccc2c(n1)NCCC2. The fourth-order valence-corrected chi connectivity index (χ4v) is 8.18. The second-order valence-corrected chi connectivity index (χ2v) is 16.3. The summed E-state index contributed by atoms with van der Waals surface area (Å²) in [6.45, 7) is 2.01. The summed E-state index contributed by atoms with van der Waals surface area (Å²) < 4.78 is 26.6. The van der Waals surface area contributed by atoms with Crippen LogP contribution in [0.25, 0.3) is 27.9 Å². The zero-order chi connectivity index (χ0) is 42.4. The van der Waals surface area contributed by atoms with E-state index in [-0.39, 0.29) is 24.0 Å². The lowest BCUT2D eigenvalue weighted by Gasteiger charge is -2.17. The van der Waals surface area contributed by atoms with E-state index >= 15 is 0 Å². The largest absolute Gasteiger partial charge is 0.481 e. The van der Waals surface area contributed by atoms with Crippen molar-refractivity contribution >= 4 is 45.5 Å². The van der Waals surface area contributed by atoms with Crippen LogP contribution in [0.15, 0.2) is 91.3 Å². The normalized spacial score (nSPS) is 14.3. The Morgan fingerprint density at radius 3 is 1.90 bits per heavy atom. The number of aliphatic hydroxyl groups is 1. The molecule has 2 aliphatic heterocycles. The van der Waals surface area contributed by atoms with Gasteiger partial charge in [0, 0.05) is 59.8 Å². The van der Waals surface area contributed by atoms with Gasteiger partial charge in [0.15, 0.2) is 0 Å². The Labute approximate surface area is 356 Å². The predicted octanol–water partition coefficient (Wildman–Crippen LogP) is 10.8. The van der Waals surface area contributed by atoms with Crippen molar-refractivity contribution in [2.75, 3.05) is 23.7 Å². The molecule has 61 heavy (non-hydrogen) atoms. The minimum atomic E-state index is -0.804. The highest BCUT2D eigenvalue weighted by Crippen LogP contribution is 2.29. The van der Waals surface area contributed by atoms with E-state index in [0.29, 0.717) is 17.5 Å². The Hall–Kier alpha value is -5.81. The van der Waals surface area contributed by atoms with Crippen LogP contribution in [-0.2, 0) is 30.5 Å². The second-order valence-electron chi connectivity index (χ2n) is 16.3. The van der Waals surface area contributed by atoms with Gasteiger partial charge in [0.05, 0.1) is 23.6 Å². The number of aliphatic hydroxyl groups excluding tert-OH is 1. The molecule has 0 bridgehead atoms. The maximum atomic E-state index is 13.4. The molecule has 4 N–H and O–H groups in total. The molecule has 0 saturated carbocycles. The van der Waals surface area contributed by atoms with Gasteiger partial charge >= 0.3 is 5.97 Å². The third-order valence-electron chi connectivity index (χ3n) is 11.6. The zero-order valence-electron chi connectivity index (χ0n) is 34.8. The Morgan fingerprint density at radius 1 is 0.689 bits per heavy atom. The summed E-state index contributed by atoms with van der Waals surface area (Å²) in [4.78, 5) is 29.5. The summed E-state index contributed by atoms with van der Waals surface area (Å²) >= 11 is 0. The number of halogens is 2. The summed E-state index contributed by atoms with van der Waals surface area (Å²) in [7, 11) is 0. The first-order valence-corrected chi connectivity index (χ1v) is 21.9. The van der Waals surface area contributed by atoms with Crippen LogP contribution in [0.3, 0.4) is 0 Å². The van der Waals surface area contributed by atoms with Gasteiger partial charge in [0.2, 0.25) is 0 Å². The average Bonchev–Trinajstić information content (AvgIpc) is 3.27. The number of nitrogens with zero attached hydrogens (tertiary/aromatic N) is 4. The van der Waals surface area contributed by atoms with Gasteiger partial charge in [0.25, 0.3) is 0 Å². The van der Waals surface area contributed by atoms with E-state index in [1.165, 1.54) is 48.2 Å². The average molecular weight is 827 g/mol. The molecule has 2 aliphatic rings. The maximum Gasteiger partial charge on any atom is 0.303 e. The molecule has 0 aliphatic carbocycles. The third-order valence-corrected chi connectivity index (χ3v) is 11.6. The molecular formula is C50H56F2N6O3. The van der Waals surface area contributed by atoms with Gasteiger partial charge in [-0.25, -0.2) is 18.7 Å². The van der Waals surface area contributed by atoms with E-state index in [0.717, 1.165) is 129 Å². The van der Waals surface area contributed by atoms with Crippen molar-refractivity contribution in [1.29, 1.82) is 0 Å². The minimum absolute atomic E-state index is 0.0807. The standard InChI is InChI=1S/C26H30FN3O2.C24H26FN3O/c27-22-11-9-20-14-21(17-29-24(20)16-22)19(15-25(31)32)6-3-1-2-4-8-23-12-10-18-7-5-13-28-26(18)30-23;25-20-10-8-19-14-17(16-27-23(19)15-20)7-12-22(29)6-2-1-5-21-11-9-18-4-3-13-26-24(18)28-21/h9-12,14,16-17,19H,1-8,13,15H2,(H,28,30)(H,31,32);7-12,14-16,22,29H,1-6,13H2,(H,26,28)/b;12-7+. The van der Waals surface area contributed by atoms with E-state index in [1.54, 1.807) is 30.6 Å². The zero-order valence-corrected chi connectivity index (χ0v) is 34.8. The molecule has 0 amide bonds. The summed E-state index contributed by atoms with van der Waals surface area (Å²) in [5.41, 5.74) is 7.92. The molecule has 0 fully saturated rings. The molecule has 2 atom stereocenters. The van der Waals surface area contributed by atoms with Crippen molar-refractivity contribution in [3.05, 3.63) is 137 Å². The van der Waals surface area contributed by atoms with Crippen molar-refractivity contribution in [3.8, 4) is 0 Å². The van der Waals surface area contributed by atoms with Crippen molar-refractivity contribution in [2.24, 2.45) is 0 Å². The quantitative estimate of drug-likeness (QED) is 0.0663. The predicted molar refractivity (Wildman–Crippen MR) is 240 cm³/mol. The van der Waals surface area contributed by atoms with E-state index in [1.807, 2.05) is 18.2 Å². The van der Waals surface area contributed by atoms with E-state index < -0.39 is 12.1 Å². The Kier molecular flexibility index (Phi) is 15.3. The maximum absolute atomic E-state index is 13.4. The van der Waals surface area contributed by atoms with Gasteiger partial charge in [0.1, 0.15) is 23.3 Å². The number of hydrogen-bond donors (Lipinski definition) is 4. The van der Waals surface area contributed by atoms with Crippen LogP contribution in [0.5, 0.6) is 0 Å². The smallest absolute Gasteiger partial charge is 0.303 e. The van der Waals surface area contributed by atoms with Crippen molar-refractivity contribution in [1.82, 2.24) is 19.9 Å². The number of carboxylic acid groups (broad SMARTS) is 1. The number of benzene rings is 2. The lowest BCUT2D eigenvalue weighted by Crippen LogP contribution is -2.14. The first-order valence-electron chi connectivity index (χ1n) is 21.9. The van der Waals surface area contributed by atoms with Gasteiger partial charge in [-0.3, -0.25) is 14.8 Å². The van der Waals surface area contributed by atoms with Crippen LogP contribution in [0.1, 0.15) is 110 Å². The summed E-state index contributed by atoms with van der Waals surface area (Å²) in [5, 5.41) is 28.1. The number of hydrogen-bond acceptors (Lipinski definition) is 8. The summed E-state index contributed by atoms with van der Waals surface area (Å²) in [5.74, 6) is 0.608. The van der Waals surface area contributed by atoms with Crippen LogP contribution in [0.2, 0.25) is 0 Å². The molecule has 4 aromatic heterocycles. The van der Waals surface area contributed by atoms with Crippen molar-refractivity contribution in [2.45, 2.75) is 108 Å². The first-order chi connectivity index (χ1) is 29.8. The number of fused-ring (bicyclic) bond motifs is 4. The van der Waals surface area contributed by atoms with Crippen LogP contribution < -0.4 is 10.6 Å². The van der Waals surface area contributed by atoms with Crippen LogP contribution in [0, 0.1) is 11.6 Å². The molecule has 11 heteroatoms. The Balaban J connectivity index is 0.000000185. The highest BCUT2D eigenvalue weighted by molar-refractivity contribution is 5.81. The second kappa shape index (κ2) is 21.6. The number of carboxylic acids is 1. The van der Waals surface area contributed by atoms with Gasteiger partial charge in [-0.15, -0.1) is 0 Å². The number of anilines is 2. The number of rotatable bonds is 17. The topological polar surface area (TPSA) is 133 Å². The number of unbranched alkanes of at least 4 members (excludes halogenated alkanes) is 4. The fourth-order valence-electron chi connectivity index (χ4n) is 8.18. The number of pyridine rings is 4. The van der Waals surface area contributed by atoms with Gasteiger partial charge in [-0.1, -0.05) is 50.0 Å². The molecule has 0 radical (unpaired) electrons. The highest BCUT2D eigenvalue weighted by Gasteiger charge is 2.17. The molecule has 8 rings (SSSR count). The molecule has 2 unspecified atom stereocenters.